The Bertz CT molecular complexity index is 897. The summed E-state index contributed by atoms with van der Waals surface area (Å²) in [6, 6.07) is 9.26. The molecule has 0 unspecified atom stereocenters. The van der Waals surface area contributed by atoms with E-state index >= 15 is 0 Å². The number of carbonyl (C=O) groups is 1. The lowest BCUT2D eigenvalue weighted by Crippen LogP contribution is -2.42. The summed E-state index contributed by atoms with van der Waals surface area (Å²) in [7, 11) is 1.73. The van der Waals surface area contributed by atoms with Gasteiger partial charge in [0.05, 0.1) is 17.7 Å². The minimum Gasteiger partial charge on any atom is -0.396 e. The van der Waals surface area contributed by atoms with Crippen molar-refractivity contribution in [3.05, 3.63) is 46.2 Å². The molecule has 2 aliphatic heterocycles. The zero-order valence-corrected chi connectivity index (χ0v) is 14.7. The molecule has 0 spiro atoms. The van der Waals surface area contributed by atoms with Gasteiger partial charge in [0, 0.05) is 36.0 Å². The molecule has 2 aromatic rings. The van der Waals surface area contributed by atoms with Crippen molar-refractivity contribution < 1.29 is 9.90 Å². The Kier molecular flexibility index (Phi) is 3.72. The SMILES string of the molecule is CC[C@@]1(CO)C[C@@H]2CC[C@H]1N2C(=O)c1cc(=O)n(C)c2ccccc12. The fraction of sp³-hybridized carbons (Fsp3) is 0.500. The van der Waals surface area contributed by atoms with Gasteiger partial charge in [-0.1, -0.05) is 25.1 Å². The quantitative estimate of drug-likeness (QED) is 0.933. The topological polar surface area (TPSA) is 62.5 Å². The molecule has 1 aromatic heterocycles. The zero-order chi connectivity index (χ0) is 17.8. The van der Waals surface area contributed by atoms with E-state index < -0.39 is 0 Å². The highest BCUT2D eigenvalue weighted by molar-refractivity contribution is 6.06. The highest BCUT2D eigenvalue weighted by atomic mass is 16.3. The van der Waals surface area contributed by atoms with Crippen molar-refractivity contribution in [3.8, 4) is 0 Å². The van der Waals surface area contributed by atoms with Crippen LogP contribution in [0.3, 0.4) is 0 Å². The van der Waals surface area contributed by atoms with Gasteiger partial charge < -0.3 is 14.6 Å². The van der Waals surface area contributed by atoms with Crippen molar-refractivity contribution in [2.45, 2.75) is 44.7 Å². The van der Waals surface area contributed by atoms with Crippen LogP contribution in [0.15, 0.2) is 35.1 Å². The van der Waals surface area contributed by atoms with Crippen LogP contribution in [0.5, 0.6) is 0 Å². The smallest absolute Gasteiger partial charge is 0.255 e. The number of fused-ring (bicyclic) bond motifs is 3. The number of para-hydroxylation sites is 1. The van der Waals surface area contributed by atoms with Crippen LogP contribution in [0, 0.1) is 5.41 Å². The first-order valence-corrected chi connectivity index (χ1v) is 9.04. The van der Waals surface area contributed by atoms with E-state index in [9.17, 15) is 14.7 Å². The minimum absolute atomic E-state index is 0.0647. The second-order valence-electron chi connectivity index (χ2n) is 7.51. The van der Waals surface area contributed by atoms with Gasteiger partial charge in [0.1, 0.15) is 0 Å². The number of carbonyl (C=O) groups excluding carboxylic acids is 1. The van der Waals surface area contributed by atoms with Crippen molar-refractivity contribution in [2.75, 3.05) is 6.61 Å². The van der Waals surface area contributed by atoms with Crippen molar-refractivity contribution in [1.82, 2.24) is 9.47 Å². The monoisotopic (exact) mass is 340 g/mol. The lowest BCUT2D eigenvalue weighted by molar-refractivity contribution is 0.0558. The predicted molar refractivity (Wildman–Crippen MR) is 96.6 cm³/mol. The largest absolute Gasteiger partial charge is 0.396 e. The molecular formula is C20H24N2O3. The molecule has 2 aliphatic rings. The molecule has 2 fully saturated rings. The normalized spacial score (nSPS) is 28.0. The lowest BCUT2D eigenvalue weighted by atomic mass is 9.72. The van der Waals surface area contributed by atoms with Gasteiger partial charge in [-0.05, 0) is 31.7 Å². The molecule has 0 aliphatic carbocycles. The Labute approximate surface area is 146 Å². The molecule has 25 heavy (non-hydrogen) atoms. The summed E-state index contributed by atoms with van der Waals surface area (Å²) in [6.07, 6.45) is 3.65. The van der Waals surface area contributed by atoms with E-state index in [4.69, 9.17) is 0 Å². The van der Waals surface area contributed by atoms with Crippen molar-refractivity contribution in [3.63, 3.8) is 0 Å². The molecule has 4 rings (SSSR count). The van der Waals surface area contributed by atoms with Gasteiger partial charge in [0.25, 0.3) is 11.5 Å². The number of rotatable bonds is 3. The second kappa shape index (κ2) is 5.70. The molecule has 1 amide bonds. The molecule has 2 bridgehead atoms. The molecular weight excluding hydrogens is 316 g/mol. The zero-order valence-electron chi connectivity index (χ0n) is 14.7. The minimum atomic E-state index is -0.186. The van der Waals surface area contributed by atoms with Crippen molar-refractivity contribution in [2.24, 2.45) is 12.5 Å². The summed E-state index contributed by atoms with van der Waals surface area (Å²) >= 11 is 0. The highest BCUT2D eigenvalue weighted by Crippen LogP contribution is 2.52. The maximum atomic E-state index is 13.4. The van der Waals surface area contributed by atoms with E-state index in [0.29, 0.717) is 5.56 Å². The van der Waals surface area contributed by atoms with Gasteiger partial charge in [-0.2, -0.15) is 0 Å². The van der Waals surface area contributed by atoms with Gasteiger partial charge in [-0.3, -0.25) is 9.59 Å². The summed E-state index contributed by atoms with van der Waals surface area (Å²) in [5, 5.41) is 10.8. The summed E-state index contributed by atoms with van der Waals surface area (Å²) in [5.74, 6) is -0.0647. The number of hydrogen-bond acceptors (Lipinski definition) is 3. The van der Waals surface area contributed by atoms with E-state index in [1.807, 2.05) is 29.2 Å². The number of hydrogen-bond donors (Lipinski definition) is 1. The van der Waals surface area contributed by atoms with Crippen LogP contribution in [-0.4, -0.2) is 39.2 Å². The van der Waals surface area contributed by atoms with E-state index in [1.165, 1.54) is 6.07 Å². The Morgan fingerprint density at radius 2 is 2.08 bits per heavy atom. The Morgan fingerprint density at radius 1 is 1.32 bits per heavy atom. The molecule has 2 saturated heterocycles. The number of aromatic nitrogens is 1. The summed E-state index contributed by atoms with van der Waals surface area (Å²) in [4.78, 5) is 27.7. The Morgan fingerprint density at radius 3 is 2.76 bits per heavy atom. The summed E-state index contributed by atoms with van der Waals surface area (Å²) in [5.41, 5.74) is 0.903. The third kappa shape index (κ3) is 2.18. The average Bonchev–Trinajstić information content (AvgIpc) is 3.20. The number of aliphatic hydroxyl groups is 1. The maximum absolute atomic E-state index is 13.4. The Balaban J connectivity index is 1.82. The van der Waals surface area contributed by atoms with Gasteiger partial charge in [-0.25, -0.2) is 0 Å². The number of aryl methyl sites for hydroxylation is 1. The van der Waals surface area contributed by atoms with Crippen molar-refractivity contribution >= 4 is 16.8 Å². The first kappa shape index (κ1) is 16.3. The first-order chi connectivity index (χ1) is 12.0. The van der Waals surface area contributed by atoms with E-state index in [0.717, 1.165) is 36.6 Å². The standard InChI is InChI=1S/C20H24N2O3/c1-3-20(12-23)11-13-8-9-17(20)22(13)19(25)15-10-18(24)21(2)16-7-5-4-6-14(15)16/h4-7,10,13,17,23H,3,8-9,11-12H2,1-2H3/t13-,17+,20-/m0/s1. The van der Waals surface area contributed by atoms with Crippen LogP contribution in [-0.2, 0) is 7.05 Å². The molecule has 0 saturated carbocycles. The highest BCUT2D eigenvalue weighted by Gasteiger charge is 2.56. The van der Waals surface area contributed by atoms with E-state index in [1.54, 1.807) is 11.6 Å². The average molecular weight is 340 g/mol. The predicted octanol–water partition coefficient (Wildman–Crippen LogP) is 2.30. The lowest BCUT2D eigenvalue weighted by Gasteiger charge is -2.34. The fourth-order valence-electron chi connectivity index (χ4n) is 4.99. The van der Waals surface area contributed by atoms with Crippen LogP contribution in [0.4, 0.5) is 0 Å². The summed E-state index contributed by atoms with van der Waals surface area (Å²) < 4.78 is 1.58. The van der Waals surface area contributed by atoms with Gasteiger partial charge in [0.15, 0.2) is 0 Å². The van der Waals surface area contributed by atoms with E-state index in [-0.39, 0.29) is 35.6 Å². The number of aliphatic hydroxyl groups excluding tert-OH is 1. The van der Waals surface area contributed by atoms with Crippen molar-refractivity contribution in [1.29, 1.82) is 0 Å². The molecule has 1 N–H and O–H groups in total. The van der Waals surface area contributed by atoms with Crippen LogP contribution < -0.4 is 5.56 Å². The number of benzene rings is 1. The fourth-order valence-corrected chi connectivity index (χ4v) is 4.99. The summed E-state index contributed by atoms with van der Waals surface area (Å²) in [6.45, 7) is 2.21. The van der Waals surface area contributed by atoms with Crippen LogP contribution >= 0.6 is 0 Å². The molecule has 3 heterocycles. The van der Waals surface area contributed by atoms with Gasteiger partial charge in [0.2, 0.25) is 0 Å². The molecule has 3 atom stereocenters. The van der Waals surface area contributed by atoms with Gasteiger partial charge >= 0.3 is 0 Å². The van der Waals surface area contributed by atoms with E-state index in [2.05, 4.69) is 6.92 Å². The van der Waals surface area contributed by atoms with Crippen LogP contribution in [0.25, 0.3) is 10.9 Å². The third-order valence-electron chi connectivity index (χ3n) is 6.49. The molecule has 5 heteroatoms. The number of pyridine rings is 1. The third-order valence-corrected chi connectivity index (χ3v) is 6.49. The molecule has 132 valence electrons. The number of amides is 1. The number of nitrogens with zero attached hydrogens (tertiary/aromatic N) is 2. The molecule has 1 aromatic carbocycles. The van der Waals surface area contributed by atoms with Gasteiger partial charge in [-0.15, -0.1) is 0 Å². The van der Waals surface area contributed by atoms with Crippen LogP contribution in [0.2, 0.25) is 0 Å². The Hall–Kier alpha value is -2.14. The van der Waals surface area contributed by atoms with Crippen LogP contribution in [0.1, 0.15) is 43.0 Å². The first-order valence-electron chi connectivity index (χ1n) is 9.04. The molecule has 5 nitrogen and oxygen atoms in total. The maximum Gasteiger partial charge on any atom is 0.255 e. The molecule has 0 radical (unpaired) electrons. The second-order valence-corrected chi connectivity index (χ2v) is 7.51.